The van der Waals surface area contributed by atoms with Crippen LogP contribution in [-0.2, 0) is 4.84 Å². The van der Waals surface area contributed by atoms with Gasteiger partial charge in [0.05, 0.1) is 17.6 Å². The van der Waals surface area contributed by atoms with Crippen LogP contribution in [0.4, 0.5) is 4.39 Å². The van der Waals surface area contributed by atoms with Crippen LogP contribution in [0.2, 0.25) is 0 Å². The van der Waals surface area contributed by atoms with E-state index in [9.17, 15) is 9.18 Å². The van der Waals surface area contributed by atoms with Crippen molar-refractivity contribution in [1.29, 1.82) is 0 Å². The van der Waals surface area contributed by atoms with Gasteiger partial charge in [0.2, 0.25) is 0 Å². The molecule has 1 aromatic rings. The zero-order valence-corrected chi connectivity index (χ0v) is 9.67. The molecule has 18 heavy (non-hydrogen) atoms. The highest BCUT2D eigenvalue weighted by molar-refractivity contribution is 5.89. The maximum absolute atomic E-state index is 14.3. The molecule has 1 aliphatic carbocycles. The van der Waals surface area contributed by atoms with Crippen molar-refractivity contribution in [2.45, 2.75) is 17.8 Å². The second kappa shape index (κ2) is 3.30. The molecule has 0 radical (unpaired) electrons. The van der Waals surface area contributed by atoms with Crippen molar-refractivity contribution in [1.82, 2.24) is 10.4 Å². The highest BCUT2D eigenvalue weighted by atomic mass is 19.1. The van der Waals surface area contributed by atoms with Crippen LogP contribution >= 0.6 is 0 Å². The number of carbonyl (C=O) groups is 1. The van der Waals surface area contributed by atoms with Crippen LogP contribution in [0.25, 0.3) is 0 Å². The summed E-state index contributed by atoms with van der Waals surface area (Å²) in [6.45, 7) is 1.05. The highest BCUT2D eigenvalue weighted by Gasteiger charge is 2.80. The van der Waals surface area contributed by atoms with Crippen molar-refractivity contribution in [3.8, 4) is 0 Å². The summed E-state index contributed by atoms with van der Waals surface area (Å²) in [5, 5.41) is 4.64. The molecule has 3 aliphatic rings. The molecule has 1 N–H and O–H groups in total. The van der Waals surface area contributed by atoms with E-state index >= 15 is 0 Å². The average Bonchev–Trinajstić information content (AvgIpc) is 2.73. The number of hydroxylamine groups is 2. The topological polar surface area (TPSA) is 41.6 Å². The lowest BCUT2D eigenvalue weighted by molar-refractivity contribution is -0.128. The third-order valence-corrected chi connectivity index (χ3v) is 4.31. The lowest BCUT2D eigenvalue weighted by Gasteiger charge is -2.23. The normalized spacial score (nSPS) is 40.6. The third-order valence-electron chi connectivity index (χ3n) is 4.31. The van der Waals surface area contributed by atoms with Gasteiger partial charge in [-0.3, -0.25) is 0 Å². The monoisotopic (exact) mass is 248 g/mol. The minimum absolute atomic E-state index is 0.0141. The number of benzene rings is 1. The summed E-state index contributed by atoms with van der Waals surface area (Å²) in [5.74, 6) is -0.427. The number of nitrogens with zero attached hydrogens (tertiary/aromatic N) is 1. The van der Waals surface area contributed by atoms with E-state index in [0.717, 1.165) is 0 Å². The van der Waals surface area contributed by atoms with Crippen LogP contribution in [0.3, 0.4) is 0 Å². The van der Waals surface area contributed by atoms with E-state index in [0.29, 0.717) is 18.7 Å². The van der Waals surface area contributed by atoms with E-state index < -0.39 is 11.6 Å². The zero-order valence-electron chi connectivity index (χ0n) is 9.67. The molecular weight excluding hydrogens is 235 g/mol. The van der Waals surface area contributed by atoms with Crippen LogP contribution in [0.1, 0.15) is 10.4 Å². The minimum atomic E-state index is -1.17. The van der Waals surface area contributed by atoms with E-state index in [4.69, 9.17) is 4.84 Å². The molecule has 1 saturated carbocycles. The van der Waals surface area contributed by atoms with Crippen LogP contribution in [0.5, 0.6) is 0 Å². The smallest absolute Gasteiger partial charge is 0.357 e. The van der Waals surface area contributed by atoms with Gasteiger partial charge in [-0.25, -0.2) is 9.18 Å². The van der Waals surface area contributed by atoms with E-state index in [1.165, 1.54) is 5.06 Å². The Morgan fingerprint density at radius 3 is 2.94 bits per heavy atom. The maximum Gasteiger partial charge on any atom is 0.357 e. The molecular formula is C13H13FN2O2. The van der Waals surface area contributed by atoms with Gasteiger partial charge in [0.15, 0.2) is 5.67 Å². The first-order valence-corrected chi connectivity index (χ1v) is 6.17. The van der Waals surface area contributed by atoms with Crippen molar-refractivity contribution < 1.29 is 14.0 Å². The van der Waals surface area contributed by atoms with E-state index in [1.54, 1.807) is 24.3 Å². The summed E-state index contributed by atoms with van der Waals surface area (Å²) in [7, 11) is 0. The zero-order chi connectivity index (χ0) is 12.3. The molecule has 2 saturated heterocycles. The van der Waals surface area contributed by atoms with Gasteiger partial charge in [0.1, 0.15) is 0 Å². The number of carbonyl (C=O) groups excluding carboxylic acids is 1. The first-order chi connectivity index (χ1) is 8.71. The maximum atomic E-state index is 14.3. The van der Waals surface area contributed by atoms with Crippen molar-refractivity contribution in [3.05, 3.63) is 35.9 Å². The molecule has 4 atom stereocenters. The predicted octanol–water partition coefficient (Wildman–Crippen LogP) is 0.752. The summed E-state index contributed by atoms with van der Waals surface area (Å²) in [6, 6.07) is 8.45. The van der Waals surface area contributed by atoms with Crippen molar-refractivity contribution >= 4 is 5.97 Å². The fourth-order valence-corrected chi connectivity index (χ4v) is 3.32. The van der Waals surface area contributed by atoms with Crippen molar-refractivity contribution in [2.75, 3.05) is 13.1 Å². The Morgan fingerprint density at radius 1 is 1.44 bits per heavy atom. The number of alkyl halides is 1. The van der Waals surface area contributed by atoms with Crippen molar-refractivity contribution in [2.24, 2.45) is 5.92 Å². The molecule has 5 heteroatoms. The Morgan fingerprint density at radius 2 is 2.22 bits per heavy atom. The molecule has 3 fully saturated rings. The molecule has 0 amide bonds. The molecule has 2 heterocycles. The molecule has 4 nitrogen and oxygen atoms in total. The Bertz CT molecular complexity index is 509. The fraction of sp³-hybridized carbons (Fsp3) is 0.462. The predicted molar refractivity (Wildman–Crippen MR) is 61.5 cm³/mol. The number of rotatable bonds is 2. The lowest BCUT2D eigenvalue weighted by atomic mass is 10.2. The number of hydrogen-bond donors (Lipinski definition) is 1. The fourth-order valence-electron chi connectivity index (χ4n) is 3.32. The molecule has 0 spiro atoms. The number of nitrogens with one attached hydrogen (secondary N) is 1. The minimum Gasteiger partial charge on any atom is -0.363 e. The first kappa shape index (κ1) is 10.5. The Hall–Kier alpha value is -1.46. The standard InChI is InChI=1S/C13H13FN2O2/c14-13-9-7-16(10(13)6-15-11(9)13)18-12(17)8-4-2-1-3-5-8/h1-5,9-11,15H,6-7H2/t9-,10-,11-,13-/m0/s1. The summed E-state index contributed by atoms with van der Waals surface area (Å²) < 4.78 is 14.3. The summed E-state index contributed by atoms with van der Waals surface area (Å²) in [4.78, 5) is 17.2. The summed E-state index contributed by atoms with van der Waals surface area (Å²) in [5.41, 5.74) is -0.676. The quantitative estimate of drug-likeness (QED) is 0.838. The van der Waals surface area contributed by atoms with Crippen LogP contribution in [0.15, 0.2) is 30.3 Å². The van der Waals surface area contributed by atoms with Gasteiger partial charge in [-0.05, 0) is 12.1 Å². The van der Waals surface area contributed by atoms with Crippen LogP contribution in [0, 0.1) is 5.92 Å². The summed E-state index contributed by atoms with van der Waals surface area (Å²) >= 11 is 0. The third kappa shape index (κ3) is 1.18. The Labute approximate surface area is 104 Å². The van der Waals surface area contributed by atoms with Gasteiger partial charge < -0.3 is 10.2 Å². The highest BCUT2D eigenvalue weighted by Crippen LogP contribution is 2.59. The second-order valence-corrected chi connectivity index (χ2v) is 5.18. The molecule has 4 rings (SSSR count). The lowest BCUT2D eigenvalue weighted by Crippen LogP contribution is -2.40. The van der Waals surface area contributed by atoms with Gasteiger partial charge in [-0.1, -0.05) is 18.2 Å². The van der Waals surface area contributed by atoms with Gasteiger partial charge in [0, 0.05) is 19.0 Å². The second-order valence-electron chi connectivity index (χ2n) is 5.18. The first-order valence-electron chi connectivity index (χ1n) is 6.17. The molecule has 2 aliphatic heterocycles. The molecule has 0 unspecified atom stereocenters. The van der Waals surface area contributed by atoms with Gasteiger partial charge in [-0.2, -0.15) is 0 Å². The van der Waals surface area contributed by atoms with Crippen LogP contribution < -0.4 is 5.32 Å². The van der Waals surface area contributed by atoms with Gasteiger partial charge >= 0.3 is 5.97 Å². The number of hydrogen-bond acceptors (Lipinski definition) is 4. The van der Waals surface area contributed by atoms with E-state index in [2.05, 4.69) is 5.32 Å². The molecule has 1 aromatic carbocycles. The summed E-state index contributed by atoms with van der Waals surface area (Å²) in [6.07, 6.45) is 0. The Balaban J connectivity index is 1.49. The number of halogens is 1. The average molecular weight is 248 g/mol. The van der Waals surface area contributed by atoms with Crippen molar-refractivity contribution in [3.63, 3.8) is 0 Å². The number of piperidine rings is 2. The van der Waals surface area contributed by atoms with Gasteiger partial charge in [-0.15, -0.1) is 5.06 Å². The SMILES string of the molecule is O=C(ON1C[C@H]2[C@@H]3NC[C@H]1[C@@]23F)c1ccccc1. The molecule has 94 valence electrons. The molecule has 0 aromatic heterocycles. The Kier molecular flexibility index (Phi) is 1.92. The number of fused-ring (bicyclic) bond motifs is 1. The largest absolute Gasteiger partial charge is 0.363 e. The van der Waals surface area contributed by atoms with E-state index in [1.807, 2.05) is 6.07 Å². The van der Waals surface area contributed by atoms with Crippen LogP contribution in [-0.4, -0.2) is 41.9 Å². The van der Waals surface area contributed by atoms with Gasteiger partial charge in [0.25, 0.3) is 0 Å². The van der Waals surface area contributed by atoms with E-state index in [-0.39, 0.29) is 18.0 Å². The molecule has 0 bridgehead atoms.